The van der Waals surface area contributed by atoms with E-state index in [0.717, 1.165) is 26.2 Å². The summed E-state index contributed by atoms with van der Waals surface area (Å²) in [5.41, 5.74) is 1.03. The molecule has 0 bridgehead atoms. The first-order valence-electron chi connectivity index (χ1n) is 6.76. The summed E-state index contributed by atoms with van der Waals surface area (Å²) < 4.78 is 26.2. The van der Waals surface area contributed by atoms with Crippen molar-refractivity contribution in [1.29, 1.82) is 5.26 Å². The molecule has 114 valence electrons. The van der Waals surface area contributed by atoms with E-state index in [1.807, 2.05) is 13.1 Å². The predicted octanol–water partition coefficient (Wildman–Crippen LogP) is 0.560. The monoisotopic (exact) mass is 308 g/mol. The third-order valence-electron chi connectivity index (χ3n) is 3.69. The Morgan fingerprint density at radius 2 is 1.81 bits per heavy atom. The van der Waals surface area contributed by atoms with Crippen LogP contribution in [0, 0.1) is 11.3 Å². The minimum atomic E-state index is -3.58. The standard InChI is InChI=1S/C14H20N4O2S/c1-16(2)21(19,20)14-10-12(11-15)4-5-13(14)18-8-6-17(3)7-9-18/h4-5,10H,6-9H2,1-3H3. The van der Waals surface area contributed by atoms with Gasteiger partial charge in [-0.3, -0.25) is 0 Å². The molecule has 2 rings (SSSR count). The number of nitriles is 1. The molecule has 0 saturated carbocycles. The fourth-order valence-electron chi connectivity index (χ4n) is 2.30. The smallest absolute Gasteiger partial charge is 0.244 e. The maximum Gasteiger partial charge on any atom is 0.244 e. The zero-order chi connectivity index (χ0) is 15.6. The van der Waals surface area contributed by atoms with E-state index in [1.165, 1.54) is 24.5 Å². The molecule has 1 fully saturated rings. The summed E-state index contributed by atoms with van der Waals surface area (Å²) in [4.78, 5) is 4.48. The zero-order valence-corrected chi connectivity index (χ0v) is 13.4. The zero-order valence-electron chi connectivity index (χ0n) is 12.6. The van der Waals surface area contributed by atoms with Crippen molar-refractivity contribution in [2.45, 2.75) is 4.90 Å². The topological polar surface area (TPSA) is 67.6 Å². The number of hydrogen-bond acceptors (Lipinski definition) is 5. The van der Waals surface area contributed by atoms with Gasteiger partial charge in [-0.25, -0.2) is 12.7 Å². The molecule has 1 aliphatic rings. The molecule has 0 amide bonds. The van der Waals surface area contributed by atoms with Gasteiger partial charge in [0.1, 0.15) is 4.90 Å². The van der Waals surface area contributed by atoms with Gasteiger partial charge in [-0.2, -0.15) is 5.26 Å². The van der Waals surface area contributed by atoms with Crippen molar-refractivity contribution in [2.75, 3.05) is 52.2 Å². The average Bonchev–Trinajstić information content (AvgIpc) is 2.47. The molecule has 0 N–H and O–H groups in total. The Labute approximate surface area is 126 Å². The van der Waals surface area contributed by atoms with Crippen LogP contribution < -0.4 is 4.90 Å². The van der Waals surface area contributed by atoms with E-state index in [0.29, 0.717) is 11.3 Å². The number of sulfonamides is 1. The molecule has 0 aromatic heterocycles. The maximum atomic E-state index is 12.5. The lowest BCUT2D eigenvalue weighted by Gasteiger charge is -2.35. The van der Waals surface area contributed by atoms with Crippen molar-refractivity contribution >= 4 is 15.7 Å². The summed E-state index contributed by atoms with van der Waals surface area (Å²) in [7, 11) is 1.48. The fraction of sp³-hybridized carbons (Fsp3) is 0.500. The SMILES string of the molecule is CN1CCN(c2ccc(C#N)cc2S(=O)(=O)N(C)C)CC1. The maximum absolute atomic E-state index is 12.5. The first-order valence-corrected chi connectivity index (χ1v) is 8.20. The van der Waals surface area contributed by atoms with E-state index in [1.54, 1.807) is 12.1 Å². The third kappa shape index (κ3) is 3.18. The highest BCUT2D eigenvalue weighted by Crippen LogP contribution is 2.29. The highest BCUT2D eigenvalue weighted by molar-refractivity contribution is 7.89. The summed E-state index contributed by atoms with van der Waals surface area (Å²) in [5.74, 6) is 0. The second kappa shape index (κ2) is 6.02. The largest absolute Gasteiger partial charge is 0.368 e. The lowest BCUT2D eigenvalue weighted by molar-refractivity contribution is 0.312. The molecular formula is C14H20N4O2S. The molecule has 7 heteroatoms. The molecule has 1 aliphatic heterocycles. The van der Waals surface area contributed by atoms with E-state index in [-0.39, 0.29) is 4.90 Å². The molecular weight excluding hydrogens is 288 g/mol. The fourth-order valence-corrected chi connectivity index (χ4v) is 3.43. The van der Waals surface area contributed by atoms with Crippen molar-refractivity contribution in [2.24, 2.45) is 0 Å². The van der Waals surface area contributed by atoms with Gasteiger partial charge in [0.05, 0.1) is 17.3 Å². The molecule has 0 unspecified atom stereocenters. The van der Waals surface area contributed by atoms with Gasteiger partial charge < -0.3 is 9.80 Å². The Balaban J connectivity index is 2.49. The molecule has 1 heterocycles. The lowest BCUT2D eigenvalue weighted by atomic mass is 10.2. The van der Waals surface area contributed by atoms with Crippen molar-refractivity contribution in [3.8, 4) is 6.07 Å². The quantitative estimate of drug-likeness (QED) is 0.816. The van der Waals surface area contributed by atoms with Crippen LogP contribution in [-0.4, -0.2) is 64.9 Å². The van der Waals surface area contributed by atoms with Crippen LogP contribution in [0.4, 0.5) is 5.69 Å². The highest BCUT2D eigenvalue weighted by atomic mass is 32.2. The van der Waals surface area contributed by atoms with Gasteiger partial charge in [0.25, 0.3) is 0 Å². The summed E-state index contributed by atoms with van der Waals surface area (Å²) in [6, 6.07) is 6.87. The molecule has 21 heavy (non-hydrogen) atoms. The molecule has 1 saturated heterocycles. The van der Waals surface area contributed by atoms with Gasteiger partial charge in [-0.05, 0) is 25.2 Å². The van der Waals surface area contributed by atoms with Crippen molar-refractivity contribution in [3.05, 3.63) is 23.8 Å². The number of piperazine rings is 1. The van der Waals surface area contributed by atoms with Crippen LogP contribution in [0.5, 0.6) is 0 Å². The summed E-state index contributed by atoms with van der Waals surface area (Å²) in [5, 5.41) is 9.02. The molecule has 0 radical (unpaired) electrons. The molecule has 0 aliphatic carbocycles. The number of rotatable bonds is 3. The Morgan fingerprint density at radius 1 is 1.19 bits per heavy atom. The van der Waals surface area contributed by atoms with E-state index in [4.69, 9.17) is 5.26 Å². The molecule has 1 aromatic carbocycles. The van der Waals surface area contributed by atoms with Crippen LogP contribution in [0.15, 0.2) is 23.1 Å². The van der Waals surface area contributed by atoms with E-state index in [2.05, 4.69) is 9.80 Å². The van der Waals surface area contributed by atoms with Gasteiger partial charge in [0, 0.05) is 40.3 Å². The summed E-state index contributed by atoms with van der Waals surface area (Å²) >= 11 is 0. The summed E-state index contributed by atoms with van der Waals surface area (Å²) in [6.45, 7) is 3.33. The minimum absolute atomic E-state index is 0.205. The Morgan fingerprint density at radius 3 is 2.33 bits per heavy atom. The predicted molar refractivity (Wildman–Crippen MR) is 81.7 cm³/mol. The van der Waals surface area contributed by atoms with Gasteiger partial charge in [0.15, 0.2) is 0 Å². The number of hydrogen-bond donors (Lipinski definition) is 0. The lowest BCUT2D eigenvalue weighted by Crippen LogP contribution is -2.45. The van der Waals surface area contributed by atoms with Crippen LogP contribution in [0.2, 0.25) is 0 Å². The Hall–Kier alpha value is -1.62. The second-order valence-corrected chi connectivity index (χ2v) is 7.49. The van der Waals surface area contributed by atoms with Gasteiger partial charge in [-0.15, -0.1) is 0 Å². The molecule has 6 nitrogen and oxygen atoms in total. The molecule has 0 spiro atoms. The van der Waals surface area contributed by atoms with Crippen LogP contribution in [-0.2, 0) is 10.0 Å². The summed E-state index contributed by atoms with van der Waals surface area (Å²) in [6.07, 6.45) is 0. The van der Waals surface area contributed by atoms with Crippen molar-refractivity contribution in [3.63, 3.8) is 0 Å². The second-order valence-electron chi connectivity index (χ2n) is 5.37. The highest BCUT2D eigenvalue weighted by Gasteiger charge is 2.26. The number of benzene rings is 1. The van der Waals surface area contributed by atoms with Crippen molar-refractivity contribution in [1.82, 2.24) is 9.21 Å². The van der Waals surface area contributed by atoms with E-state index >= 15 is 0 Å². The first-order chi connectivity index (χ1) is 9.86. The third-order valence-corrected chi connectivity index (χ3v) is 5.54. The normalized spacial score (nSPS) is 17.0. The van der Waals surface area contributed by atoms with Crippen LogP contribution in [0.3, 0.4) is 0 Å². The van der Waals surface area contributed by atoms with E-state index < -0.39 is 10.0 Å². The van der Waals surface area contributed by atoms with E-state index in [9.17, 15) is 8.42 Å². The van der Waals surface area contributed by atoms with Crippen LogP contribution in [0.25, 0.3) is 0 Å². The van der Waals surface area contributed by atoms with Crippen molar-refractivity contribution < 1.29 is 8.42 Å². The van der Waals surface area contributed by atoms with Gasteiger partial charge in [0.2, 0.25) is 10.0 Å². The minimum Gasteiger partial charge on any atom is -0.368 e. The average molecular weight is 308 g/mol. The number of anilines is 1. The van der Waals surface area contributed by atoms with Gasteiger partial charge >= 0.3 is 0 Å². The molecule has 0 atom stereocenters. The number of nitrogens with zero attached hydrogens (tertiary/aromatic N) is 4. The van der Waals surface area contributed by atoms with Gasteiger partial charge in [-0.1, -0.05) is 0 Å². The number of likely N-dealkylation sites (N-methyl/N-ethyl adjacent to an activating group) is 1. The van der Waals surface area contributed by atoms with Crippen LogP contribution in [0.1, 0.15) is 5.56 Å². The van der Waals surface area contributed by atoms with Crippen LogP contribution >= 0.6 is 0 Å². The Kier molecular flexibility index (Phi) is 4.52. The molecule has 1 aromatic rings. The first kappa shape index (κ1) is 15.8. The Bertz CT molecular complexity index is 656.